The maximum absolute atomic E-state index is 11.4. The first kappa shape index (κ1) is 15.9. The quantitative estimate of drug-likeness (QED) is 0.516. The largest absolute Gasteiger partial charge is 0.481 e. The first-order chi connectivity index (χ1) is 9.26. The monoisotopic (exact) mass is 288 g/mol. The van der Waals surface area contributed by atoms with Crippen LogP contribution in [0.1, 0.15) is 32.1 Å². The van der Waals surface area contributed by atoms with Crippen LogP contribution in [0.5, 0.6) is 0 Å². The third kappa shape index (κ3) is 2.45. The van der Waals surface area contributed by atoms with Gasteiger partial charge in [-0.2, -0.15) is 0 Å². The molecule has 20 heavy (non-hydrogen) atoms. The van der Waals surface area contributed by atoms with Gasteiger partial charge in [-0.3, -0.25) is 19.2 Å². The van der Waals surface area contributed by atoms with E-state index < -0.39 is 41.1 Å². The minimum atomic E-state index is -3.35. The van der Waals surface area contributed by atoms with E-state index in [0.29, 0.717) is 25.7 Å². The van der Waals surface area contributed by atoms with Crippen LogP contribution in [0, 0.1) is 17.3 Å². The average Bonchev–Trinajstić information content (AvgIpc) is 2.34. The van der Waals surface area contributed by atoms with Gasteiger partial charge in [-0.15, -0.1) is 0 Å². The van der Waals surface area contributed by atoms with Crippen molar-refractivity contribution in [2.45, 2.75) is 32.1 Å². The molecule has 4 N–H and O–H groups in total. The summed E-state index contributed by atoms with van der Waals surface area (Å²) >= 11 is 0. The van der Waals surface area contributed by atoms with Crippen molar-refractivity contribution < 1.29 is 39.6 Å². The summed E-state index contributed by atoms with van der Waals surface area (Å²) in [6.45, 7) is 0. The molecule has 0 aromatic heterocycles. The summed E-state index contributed by atoms with van der Waals surface area (Å²) in [6, 6.07) is 0. The fraction of sp³-hybridized carbons (Fsp3) is 0.667. The zero-order valence-electron chi connectivity index (χ0n) is 10.6. The lowest BCUT2D eigenvalue weighted by atomic mass is 9.65. The Morgan fingerprint density at radius 3 is 1.50 bits per heavy atom. The van der Waals surface area contributed by atoms with Crippen molar-refractivity contribution >= 4 is 23.9 Å². The number of carboxylic acid groups (broad SMARTS) is 4. The predicted octanol–water partition coefficient (Wildman–Crippen LogP) is 0.508. The fourth-order valence-electron chi connectivity index (χ4n) is 2.88. The minimum Gasteiger partial charge on any atom is -0.481 e. The molecule has 0 bridgehead atoms. The Morgan fingerprint density at radius 2 is 1.20 bits per heavy atom. The summed E-state index contributed by atoms with van der Waals surface area (Å²) < 4.78 is 0. The summed E-state index contributed by atoms with van der Waals surface area (Å²) in [6.07, 6.45) is 2.72. The molecule has 8 heteroatoms. The van der Waals surface area contributed by atoms with Gasteiger partial charge >= 0.3 is 23.9 Å². The van der Waals surface area contributed by atoms with Gasteiger partial charge in [-0.05, 0) is 18.8 Å². The zero-order valence-corrected chi connectivity index (χ0v) is 10.6. The molecule has 1 unspecified atom stereocenters. The van der Waals surface area contributed by atoms with Crippen molar-refractivity contribution in [1.82, 2.24) is 0 Å². The lowest BCUT2D eigenvalue weighted by molar-refractivity contribution is -0.188. The lowest BCUT2D eigenvalue weighted by Gasteiger charge is -2.34. The first-order valence-electron chi connectivity index (χ1n) is 6.19. The highest BCUT2D eigenvalue weighted by Crippen LogP contribution is 2.41. The van der Waals surface area contributed by atoms with E-state index in [4.69, 9.17) is 15.3 Å². The van der Waals surface area contributed by atoms with E-state index in [-0.39, 0.29) is 0 Å². The molecule has 1 fully saturated rings. The standard InChI is InChI=1S/C12H16O8/c13-8(14)7(6-4-2-1-3-5-6)12(9(15)16,10(17)18)11(19)20/h6-7H,1-5H2,(H,13,14)(H,15,16)(H,17,18)(H,19,20). The number of aliphatic carboxylic acids is 4. The maximum Gasteiger partial charge on any atom is 0.333 e. The van der Waals surface area contributed by atoms with Gasteiger partial charge in [0.1, 0.15) is 0 Å². The minimum absolute atomic E-state index is 0.312. The second-order valence-corrected chi connectivity index (χ2v) is 4.94. The molecule has 1 saturated carbocycles. The van der Waals surface area contributed by atoms with Crippen LogP contribution in [0.4, 0.5) is 0 Å². The lowest BCUT2D eigenvalue weighted by Crippen LogP contribution is -2.56. The molecule has 1 aliphatic rings. The van der Waals surface area contributed by atoms with E-state index in [9.17, 15) is 24.3 Å². The second-order valence-electron chi connectivity index (χ2n) is 4.94. The van der Waals surface area contributed by atoms with Crippen LogP contribution >= 0.6 is 0 Å². The van der Waals surface area contributed by atoms with Crippen molar-refractivity contribution in [1.29, 1.82) is 0 Å². The van der Waals surface area contributed by atoms with Crippen LogP contribution in [0.15, 0.2) is 0 Å². The molecule has 0 amide bonds. The molecule has 0 aliphatic heterocycles. The molecule has 8 nitrogen and oxygen atoms in total. The van der Waals surface area contributed by atoms with Crippen LogP contribution in [0.2, 0.25) is 0 Å². The molecular weight excluding hydrogens is 272 g/mol. The molecule has 0 heterocycles. The fourth-order valence-corrected chi connectivity index (χ4v) is 2.88. The summed E-state index contributed by atoms with van der Waals surface area (Å²) in [4.78, 5) is 45.2. The van der Waals surface area contributed by atoms with Crippen LogP contribution in [-0.4, -0.2) is 44.3 Å². The Labute approximate surface area is 114 Å². The Bertz CT molecular complexity index is 399. The van der Waals surface area contributed by atoms with E-state index in [1.807, 2.05) is 0 Å². The predicted molar refractivity (Wildman–Crippen MR) is 63.0 cm³/mol. The van der Waals surface area contributed by atoms with E-state index >= 15 is 0 Å². The van der Waals surface area contributed by atoms with Gasteiger partial charge < -0.3 is 20.4 Å². The first-order valence-corrected chi connectivity index (χ1v) is 6.19. The number of carboxylic acids is 4. The van der Waals surface area contributed by atoms with E-state index in [1.54, 1.807) is 0 Å². The summed E-state index contributed by atoms with van der Waals surface area (Å²) in [5.74, 6) is -10.9. The van der Waals surface area contributed by atoms with Gasteiger partial charge in [0.25, 0.3) is 5.41 Å². The zero-order chi connectivity index (χ0) is 15.5. The number of rotatable bonds is 6. The molecule has 0 aromatic carbocycles. The molecule has 1 rings (SSSR count). The Hall–Kier alpha value is -2.12. The maximum atomic E-state index is 11.4. The van der Waals surface area contributed by atoms with Gasteiger partial charge in [0.05, 0.1) is 5.92 Å². The van der Waals surface area contributed by atoms with E-state index in [0.717, 1.165) is 6.42 Å². The topological polar surface area (TPSA) is 149 Å². The van der Waals surface area contributed by atoms with Crippen LogP contribution < -0.4 is 0 Å². The smallest absolute Gasteiger partial charge is 0.333 e. The summed E-state index contributed by atoms with van der Waals surface area (Å²) in [7, 11) is 0. The van der Waals surface area contributed by atoms with Crippen LogP contribution in [-0.2, 0) is 19.2 Å². The Kier molecular flexibility index (Phi) is 4.69. The molecule has 0 saturated heterocycles. The van der Waals surface area contributed by atoms with Crippen molar-refractivity contribution in [3.05, 3.63) is 0 Å². The Balaban J connectivity index is 3.38. The van der Waals surface area contributed by atoms with Crippen molar-refractivity contribution in [2.24, 2.45) is 17.3 Å². The van der Waals surface area contributed by atoms with Crippen molar-refractivity contribution in [3.63, 3.8) is 0 Å². The number of carbonyl (C=O) groups is 4. The van der Waals surface area contributed by atoms with E-state index in [1.165, 1.54) is 0 Å². The third-order valence-electron chi connectivity index (χ3n) is 3.87. The van der Waals surface area contributed by atoms with Crippen LogP contribution in [0.25, 0.3) is 0 Å². The molecule has 1 atom stereocenters. The Morgan fingerprint density at radius 1 is 0.800 bits per heavy atom. The van der Waals surface area contributed by atoms with Crippen LogP contribution in [0.3, 0.4) is 0 Å². The number of hydrogen-bond acceptors (Lipinski definition) is 4. The van der Waals surface area contributed by atoms with Gasteiger partial charge in [0, 0.05) is 0 Å². The number of hydrogen-bond donors (Lipinski definition) is 4. The van der Waals surface area contributed by atoms with E-state index in [2.05, 4.69) is 0 Å². The highest BCUT2D eigenvalue weighted by Gasteiger charge is 2.64. The second kappa shape index (κ2) is 5.89. The molecule has 1 aliphatic carbocycles. The molecule has 0 spiro atoms. The molecular formula is C12H16O8. The van der Waals surface area contributed by atoms with Gasteiger partial charge in [0.15, 0.2) is 0 Å². The normalized spacial score (nSPS) is 18.2. The average molecular weight is 288 g/mol. The van der Waals surface area contributed by atoms with Gasteiger partial charge in [0.2, 0.25) is 0 Å². The van der Waals surface area contributed by atoms with Crippen molar-refractivity contribution in [3.8, 4) is 0 Å². The van der Waals surface area contributed by atoms with Gasteiger partial charge in [-0.25, -0.2) is 0 Å². The third-order valence-corrected chi connectivity index (χ3v) is 3.87. The molecule has 0 radical (unpaired) electrons. The molecule has 0 aromatic rings. The summed E-state index contributed by atoms with van der Waals surface area (Å²) in [5.41, 5.74) is -3.35. The van der Waals surface area contributed by atoms with Gasteiger partial charge in [-0.1, -0.05) is 19.3 Å². The van der Waals surface area contributed by atoms with Crippen molar-refractivity contribution in [2.75, 3.05) is 0 Å². The SMILES string of the molecule is O=C(O)C(C1CCCCC1)C(C(=O)O)(C(=O)O)C(=O)O. The highest BCUT2D eigenvalue weighted by atomic mass is 16.4. The highest BCUT2D eigenvalue weighted by molar-refractivity contribution is 6.18. The molecule has 112 valence electrons. The summed E-state index contributed by atoms with van der Waals surface area (Å²) in [5, 5.41) is 36.5.